The van der Waals surface area contributed by atoms with Gasteiger partial charge < -0.3 is 4.98 Å². The maximum absolute atomic E-state index is 13.6. The molecule has 5 rings (SSSR count). The Morgan fingerprint density at radius 2 is 1.87 bits per heavy atom. The second-order valence-corrected chi connectivity index (χ2v) is 8.95. The molecule has 0 saturated carbocycles. The number of benzene rings is 2. The van der Waals surface area contributed by atoms with Crippen LogP contribution in [0.4, 0.5) is 0 Å². The van der Waals surface area contributed by atoms with Gasteiger partial charge in [0.25, 0.3) is 0 Å². The van der Waals surface area contributed by atoms with Crippen LogP contribution in [0.25, 0.3) is 10.9 Å². The normalized spacial score (nSPS) is 12.3. The number of rotatable bonds is 7. The number of nitrogens with zero attached hydrogens (tertiary/aromatic N) is 2. The smallest absolute Gasteiger partial charge is 0.209 e. The van der Waals surface area contributed by atoms with Crippen LogP contribution in [-0.2, 0) is 6.42 Å². The molecule has 0 aliphatic heterocycles. The first-order chi connectivity index (χ1) is 14.8. The van der Waals surface area contributed by atoms with Gasteiger partial charge in [0.2, 0.25) is 5.16 Å². The highest BCUT2D eigenvalue weighted by Crippen LogP contribution is 2.37. The van der Waals surface area contributed by atoms with Gasteiger partial charge in [-0.15, -0.1) is 16.4 Å². The van der Waals surface area contributed by atoms with Gasteiger partial charge in [-0.05, 0) is 23.1 Å². The van der Waals surface area contributed by atoms with Crippen molar-refractivity contribution in [2.45, 2.75) is 16.8 Å². The summed E-state index contributed by atoms with van der Waals surface area (Å²) in [7, 11) is 0. The fourth-order valence-corrected chi connectivity index (χ4v) is 5.12. The second kappa shape index (κ2) is 8.30. The predicted octanol–water partition coefficient (Wildman–Crippen LogP) is 5.65. The Morgan fingerprint density at radius 3 is 2.70 bits per heavy atom. The van der Waals surface area contributed by atoms with Crippen LogP contribution < -0.4 is 0 Å². The van der Waals surface area contributed by atoms with Crippen LogP contribution in [0.2, 0.25) is 0 Å². The summed E-state index contributed by atoms with van der Waals surface area (Å²) in [6.07, 6.45) is 2.50. The van der Waals surface area contributed by atoms with E-state index in [0.29, 0.717) is 17.1 Å². The van der Waals surface area contributed by atoms with Gasteiger partial charge in [0.05, 0.1) is 0 Å². The predicted molar refractivity (Wildman–Crippen MR) is 121 cm³/mol. The van der Waals surface area contributed by atoms with E-state index >= 15 is 0 Å². The van der Waals surface area contributed by atoms with Crippen molar-refractivity contribution < 1.29 is 4.79 Å². The second-order valence-electron chi connectivity index (χ2n) is 6.84. The first-order valence-electron chi connectivity index (χ1n) is 9.53. The number of hydrogen-bond acceptors (Lipinski definition) is 5. The zero-order valence-corrected chi connectivity index (χ0v) is 17.5. The Labute approximate surface area is 181 Å². The van der Waals surface area contributed by atoms with Crippen molar-refractivity contribution in [2.24, 2.45) is 0 Å². The number of thiophene rings is 1. The summed E-state index contributed by atoms with van der Waals surface area (Å²) in [5, 5.41) is 10.5. The maximum atomic E-state index is 13.6. The highest BCUT2D eigenvalue weighted by atomic mass is 32.2. The molecule has 0 fully saturated rings. The molecule has 0 aliphatic carbocycles. The third-order valence-corrected chi connectivity index (χ3v) is 6.84. The van der Waals surface area contributed by atoms with E-state index in [4.69, 9.17) is 0 Å². The van der Waals surface area contributed by atoms with Gasteiger partial charge in [0.1, 0.15) is 11.1 Å². The number of fused-ring (bicyclic) bond motifs is 1. The summed E-state index contributed by atoms with van der Waals surface area (Å²) in [5.74, 6) is 0.833. The molecule has 5 aromatic rings. The maximum Gasteiger partial charge on any atom is 0.209 e. The molecule has 1 atom stereocenters. The molecule has 0 aliphatic rings. The summed E-state index contributed by atoms with van der Waals surface area (Å²) in [5.41, 5.74) is 2.57. The van der Waals surface area contributed by atoms with Gasteiger partial charge in [-0.25, -0.2) is 4.98 Å². The Kier molecular flexibility index (Phi) is 5.21. The molecule has 0 amide bonds. The van der Waals surface area contributed by atoms with Crippen molar-refractivity contribution in [1.82, 2.24) is 20.2 Å². The molecule has 2 N–H and O–H groups in total. The van der Waals surface area contributed by atoms with Crippen molar-refractivity contribution in [3.05, 3.63) is 100 Å². The quantitative estimate of drug-likeness (QED) is 0.258. The lowest BCUT2D eigenvalue weighted by Crippen LogP contribution is -2.10. The number of para-hydroxylation sites is 1. The van der Waals surface area contributed by atoms with Crippen molar-refractivity contribution in [3.8, 4) is 0 Å². The molecule has 2 aromatic carbocycles. The number of carbonyl (C=O) groups is 1. The molecule has 3 heterocycles. The van der Waals surface area contributed by atoms with Crippen LogP contribution >= 0.6 is 23.1 Å². The van der Waals surface area contributed by atoms with Gasteiger partial charge in [0, 0.05) is 34.0 Å². The van der Waals surface area contributed by atoms with Gasteiger partial charge >= 0.3 is 0 Å². The lowest BCUT2D eigenvalue weighted by atomic mass is 10.0. The van der Waals surface area contributed by atoms with Crippen molar-refractivity contribution in [3.63, 3.8) is 0 Å². The topological polar surface area (TPSA) is 74.4 Å². The first-order valence-corrected chi connectivity index (χ1v) is 11.3. The monoisotopic (exact) mass is 430 g/mol. The summed E-state index contributed by atoms with van der Waals surface area (Å²) in [6, 6.07) is 21.8. The molecule has 0 bridgehead atoms. The molecule has 148 valence electrons. The number of hydrogen-bond donors (Lipinski definition) is 2. The highest BCUT2D eigenvalue weighted by Gasteiger charge is 2.27. The average molecular weight is 431 g/mol. The summed E-state index contributed by atoms with van der Waals surface area (Å²) in [4.78, 5) is 22.6. The Balaban J connectivity index is 1.46. The molecular formula is C23H18N4OS2. The van der Waals surface area contributed by atoms with E-state index in [1.54, 1.807) is 17.5 Å². The number of carbonyl (C=O) groups excluding carboxylic acids is 1. The molecule has 5 nitrogen and oxygen atoms in total. The van der Waals surface area contributed by atoms with Crippen LogP contribution in [0.1, 0.15) is 31.9 Å². The van der Waals surface area contributed by atoms with E-state index in [-0.39, 0.29) is 5.78 Å². The standard InChI is InChI=1S/C23H18N4OS2/c28-21(18-14-24-19-11-5-4-10-17(18)19)22(15-7-2-1-3-8-15)30-23-25-20(26-27-23)13-16-9-6-12-29-16/h1-12,14,22,24H,13H2,(H,25,26,27). The molecule has 30 heavy (non-hydrogen) atoms. The minimum atomic E-state index is -0.434. The zero-order valence-electron chi connectivity index (χ0n) is 15.9. The fourth-order valence-electron chi connectivity index (χ4n) is 3.41. The van der Waals surface area contributed by atoms with E-state index in [0.717, 1.165) is 22.3 Å². The summed E-state index contributed by atoms with van der Waals surface area (Å²) >= 11 is 3.07. The molecule has 0 radical (unpaired) electrons. The van der Waals surface area contributed by atoms with E-state index in [1.807, 2.05) is 66.0 Å². The summed E-state index contributed by atoms with van der Waals surface area (Å²) < 4.78 is 0. The Hall–Kier alpha value is -3.16. The van der Waals surface area contributed by atoms with Gasteiger partial charge in [-0.2, -0.15) is 0 Å². The molecule has 1 unspecified atom stereocenters. The lowest BCUT2D eigenvalue weighted by molar-refractivity contribution is 0.0991. The van der Waals surface area contributed by atoms with Crippen LogP contribution in [-0.4, -0.2) is 25.9 Å². The Bertz CT molecular complexity index is 1280. The van der Waals surface area contributed by atoms with E-state index < -0.39 is 5.25 Å². The van der Waals surface area contributed by atoms with Crippen molar-refractivity contribution in [1.29, 1.82) is 0 Å². The number of aromatic amines is 2. The number of thioether (sulfide) groups is 1. The van der Waals surface area contributed by atoms with Crippen molar-refractivity contribution in [2.75, 3.05) is 0 Å². The molecular weight excluding hydrogens is 412 g/mol. The van der Waals surface area contributed by atoms with Gasteiger partial charge in [-0.1, -0.05) is 66.4 Å². The third kappa shape index (κ3) is 3.81. The largest absolute Gasteiger partial charge is 0.360 e. The minimum Gasteiger partial charge on any atom is -0.360 e. The van der Waals surface area contributed by atoms with Gasteiger partial charge in [-0.3, -0.25) is 9.89 Å². The third-order valence-electron chi connectivity index (χ3n) is 4.85. The molecule has 0 spiro atoms. The molecule has 3 aromatic heterocycles. The van der Waals surface area contributed by atoms with E-state index in [2.05, 4.69) is 26.2 Å². The van der Waals surface area contributed by atoms with Gasteiger partial charge in [0.15, 0.2) is 5.78 Å². The fraction of sp³-hybridized carbons (Fsp3) is 0.0870. The van der Waals surface area contributed by atoms with Crippen LogP contribution in [0, 0.1) is 0 Å². The molecule has 7 heteroatoms. The van der Waals surface area contributed by atoms with E-state index in [9.17, 15) is 4.79 Å². The highest BCUT2D eigenvalue weighted by molar-refractivity contribution is 8.00. The first kappa shape index (κ1) is 18.8. The number of Topliss-reactive ketones (excluding diaryl/α,β-unsaturated/α-hetero) is 1. The minimum absolute atomic E-state index is 0.0354. The van der Waals surface area contributed by atoms with E-state index in [1.165, 1.54) is 16.6 Å². The average Bonchev–Trinajstić information content (AvgIpc) is 3.54. The molecule has 0 saturated heterocycles. The van der Waals surface area contributed by atoms with Crippen LogP contribution in [0.5, 0.6) is 0 Å². The number of H-pyrrole nitrogens is 2. The lowest BCUT2D eigenvalue weighted by Gasteiger charge is -2.14. The zero-order chi connectivity index (χ0) is 20.3. The Morgan fingerprint density at radius 1 is 1.03 bits per heavy atom. The van der Waals surface area contributed by atoms with Crippen LogP contribution in [0.3, 0.4) is 0 Å². The number of nitrogens with one attached hydrogen (secondary N) is 2. The SMILES string of the molecule is O=C(c1c[nH]c2ccccc12)C(Sc1n[nH]c(Cc2cccs2)n1)c1ccccc1. The van der Waals surface area contributed by atoms with Crippen molar-refractivity contribution >= 4 is 39.8 Å². The summed E-state index contributed by atoms with van der Waals surface area (Å²) in [6.45, 7) is 0. The number of aromatic nitrogens is 4. The number of ketones is 1. The van der Waals surface area contributed by atoms with Crippen LogP contribution in [0.15, 0.2) is 83.5 Å².